The fourth-order valence-electron chi connectivity index (χ4n) is 3.13. The van der Waals surface area contributed by atoms with Crippen LogP contribution in [0, 0.1) is 34.4 Å². The number of carbonyl (C=O) groups is 2. The molecule has 2 unspecified atom stereocenters. The summed E-state index contributed by atoms with van der Waals surface area (Å²) in [6, 6.07) is 5.70. The molecule has 2 fully saturated rings. The number of carbonyl (C=O) groups excluding carboxylic acids is 2. The summed E-state index contributed by atoms with van der Waals surface area (Å²) in [5, 5.41) is 9.00. The molecule has 0 radical (unpaired) electrons. The molecule has 1 heterocycles. The Morgan fingerprint density at radius 1 is 1.30 bits per heavy atom. The normalized spacial score (nSPS) is 26.4. The summed E-state index contributed by atoms with van der Waals surface area (Å²) in [5.74, 6) is -1.41. The number of benzene rings is 1. The molecule has 4 nitrogen and oxygen atoms in total. The molecule has 3 rings (SSSR count). The first kappa shape index (κ1) is 12.8. The Bertz CT molecular complexity index is 651. The van der Waals surface area contributed by atoms with Gasteiger partial charge in [0.25, 0.3) is 0 Å². The van der Waals surface area contributed by atoms with Crippen LogP contribution in [-0.4, -0.2) is 16.7 Å². The highest BCUT2D eigenvalue weighted by molar-refractivity contribution is 6.10. The van der Waals surface area contributed by atoms with E-state index in [0.717, 1.165) is 4.90 Å². The van der Waals surface area contributed by atoms with Gasteiger partial charge in [-0.2, -0.15) is 5.26 Å². The van der Waals surface area contributed by atoms with Gasteiger partial charge < -0.3 is 0 Å². The molecule has 1 saturated heterocycles. The number of nitriles is 1. The highest BCUT2D eigenvalue weighted by Gasteiger charge is 2.72. The van der Waals surface area contributed by atoms with E-state index in [1.54, 1.807) is 0 Å². The number of imide groups is 1. The van der Waals surface area contributed by atoms with Gasteiger partial charge in [0.2, 0.25) is 11.8 Å². The van der Waals surface area contributed by atoms with Crippen molar-refractivity contribution in [3.8, 4) is 6.07 Å². The summed E-state index contributed by atoms with van der Waals surface area (Å²) in [5.41, 5.74) is 0.394. The molecule has 1 aliphatic carbocycles. The fourth-order valence-corrected chi connectivity index (χ4v) is 3.13. The lowest BCUT2D eigenvalue weighted by atomic mass is 10.0. The van der Waals surface area contributed by atoms with Gasteiger partial charge in [0, 0.05) is 0 Å². The van der Waals surface area contributed by atoms with Crippen molar-refractivity contribution in [1.29, 1.82) is 5.26 Å². The number of hydrogen-bond donors (Lipinski definition) is 0. The first-order valence-electron chi connectivity index (χ1n) is 6.41. The lowest BCUT2D eigenvalue weighted by Crippen LogP contribution is -2.35. The quantitative estimate of drug-likeness (QED) is 0.772. The molecule has 5 heteroatoms. The molecule has 2 amide bonds. The SMILES string of the molecule is CC1(C)C2C(=O)N(Cc3cc(F)ccc3C#N)C(=O)C21. The largest absolute Gasteiger partial charge is 0.278 e. The maximum absolute atomic E-state index is 13.3. The Balaban J connectivity index is 1.88. The van der Waals surface area contributed by atoms with Gasteiger partial charge in [0.1, 0.15) is 5.82 Å². The van der Waals surface area contributed by atoms with Crippen molar-refractivity contribution in [2.45, 2.75) is 20.4 Å². The first-order valence-corrected chi connectivity index (χ1v) is 6.41. The monoisotopic (exact) mass is 272 g/mol. The van der Waals surface area contributed by atoms with E-state index in [9.17, 15) is 14.0 Å². The Kier molecular flexibility index (Phi) is 2.49. The molecule has 2 atom stereocenters. The van der Waals surface area contributed by atoms with Crippen LogP contribution in [0.15, 0.2) is 18.2 Å². The third-order valence-corrected chi connectivity index (χ3v) is 4.41. The Hall–Kier alpha value is -2.22. The molecule has 1 aromatic rings. The number of rotatable bonds is 2. The molecule has 0 aromatic heterocycles. The van der Waals surface area contributed by atoms with Gasteiger partial charge in [-0.3, -0.25) is 14.5 Å². The number of amides is 2. The second kappa shape index (κ2) is 3.89. The van der Waals surface area contributed by atoms with E-state index in [4.69, 9.17) is 5.26 Å². The van der Waals surface area contributed by atoms with Gasteiger partial charge in [0.15, 0.2) is 0 Å². The third-order valence-electron chi connectivity index (χ3n) is 4.41. The van der Waals surface area contributed by atoms with Crippen molar-refractivity contribution in [1.82, 2.24) is 4.90 Å². The van der Waals surface area contributed by atoms with Crippen molar-refractivity contribution in [3.63, 3.8) is 0 Å². The van der Waals surface area contributed by atoms with E-state index >= 15 is 0 Å². The van der Waals surface area contributed by atoms with Crippen LogP contribution >= 0.6 is 0 Å². The number of halogens is 1. The first-order chi connectivity index (χ1) is 9.37. The van der Waals surface area contributed by atoms with Crippen molar-refractivity contribution in [2.75, 3.05) is 0 Å². The van der Waals surface area contributed by atoms with E-state index in [1.807, 2.05) is 19.9 Å². The topological polar surface area (TPSA) is 61.2 Å². The van der Waals surface area contributed by atoms with Crippen molar-refractivity contribution < 1.29 is 14.0 Å². The summed E-state index contributed by atoms with van der Waals surface area (Å²) in [6.45, 7) is 3.78. The van der Waals surface area contributed by atoms with Crippen LogP contribution in [0.3, 0.4) is 0 Å². The van der Waals surface area contributed by atoms with Gasteiger partial charge in [-0.25, -0.2) is 4.39 Å². The minimum Gasteiger partial charge on any atom is -0.278 e. The summed E-state index contributed by atoms with van der Waals surface area (Å²) in [4.78, 5) is 25.5. The van der Waals surface area contributed by atoms with Gasteiger partial charge >= 0.3 is 0 Å². The summed E-state index contributed by atoms with van der Waals surface area (Å²) in [7, 11) is 0. The minimum absolute atomic E-state index is 0.0264. The van der Waals surface area contributed by atoms with E-state index in [1.165, 1.54) is 18.2 Å². The maximum Gasteiger partial charge on any atom is 0.233 e. The zero-order valence-corrected chi connectivity index (χ0v) is 11.2. The average Bonchev–Trinajstić information content (AvgIpc) is 2.86. The molecule has 20 heavy (non-hydrogen) atoms. The smallest absolute Gasteiger partial charge is 0.233 e. The standard InChI is InChI=1S/C15H13FN2O2/c1-15(2)11-12(15)14(20)18(13(11)19)7-9-5-10(16)4-3-8(9)6-17/h3-5,11-12H,7H2,1-2H3. The van der Waals surface area contributed by atoms with Gasteiger partial charge in [-0.15, -0.1) is 0 Å². The second-order valence-corrected chi connectivity index (χ2v) is 5.95. The second-order valence-electron chi connectivity index (χ2n) is 5.95. The fraction of sp³-hybridized carbons (Fsp3) is 0.400. The van der Waals surface area contributed by atoms with Gasteiger partial charge in [-0.1, -0.05) is 13.8 Å². The Labute approximate surface area is 115 Å². The number of piperidine rings is 1. The molecular formula is C15H13FN2O2. The molecule has 1 aliphatic heterocycles. The molecular weight excluding hydrogens is 259 g/mol. The Morgan fingerprint density at radius 3 is 2.45 bits per heavy atom. The van der Waals surface area contributed by atoms with Gasteiger partial charge in [0.05, 0.1) is 30.0 Å². The van der Waals surface area contributed by atoms with Crippen LogP contribution in [0.1, 0.15) is 25.0 Å². The zero-order valence-electron chi connectivity index (χ0n) is 11.2. The minimum atomic E-state index is -0.483. The molecule has 0 bridgehead atoms. The summed E-state index contributed by atoms with van der Waals surface area (Å²) < 4.78 is 13.3. The molecule has 0 N–H and O–H groups in total. The van der Waals surface area contributed by atoms with Crippen LogP contribution in [0.5, 0.6) is 0 Å². The molecule has 2 aliphatic rings. The molecule has 102 valence electrons. The zero-order chi connectivity index (χ0) is 14.7. The third kappa shape index (κ3) is 1.58. The van der Waals surface area contributed by atoms with Crippen LogP contribution in [-0.2, 0) is 16.1 Å². The van der Waals surface area contributed by atoms with E-state index in [0.29, 0.717) is 5.56 Å². The molecule has 1 saturated carbocycles. The van der Waals surface area contributed by atoms with Gasteiger partial charge in [-0.05, 0) is 29.2 Å². The number of nitrogens with zero attached hydrogens (tertiary/aromatic N) is 2. The number of likely N-dealkylation sites (tertiary alicyclic amines) is 1. The van der Waals surface area contributed by atoms with Crippen LogP contribution < -0.4 is 0 Å². The lowest BCUT2D eigenvalue weighted by molar-refractivity contribution is -0.143. The number of fused-ring (bicyclic) bond motifs is 1. The van der Waals surface area contributed by atoms with E-state index in [2.05, 4.69) is 0 Å². The van der Waals surface area contributed by atoms with Crippen LogP contribution in [0.2, 0.25) is 0 Å². The molecule has 0 spiro atoms. The Morgan fingerprint density at radius 2 is 1.90 bits per heavy atom. The van der Waals surface area contributed by atoms with E-state index in [-0.39, 0.29) is 41.2 Å². The van der Waals surface area contributed by atoms with Crippen molar-refractivity contribution >= 4 is 11.8 Å². The summed E-state index contributed by atoms with van der Waals surface area (Å²) in [6.07, 6.45) is 0. The highest BCUT2D eigenvalue weighted by Crippen LogP contribution is 2.63. The number of hydrogen-bond acceptors (Lipinski definition) is 3. The van der Waals surface area contributed by atoms with Crippen LogP contribution in [0.25, 0.3) is 0 Å². The maximum atomic E-state index is 13.3. The lowest BCUT2D eigenvalue weighted by Gasteiger charge is -2.21. The van der Waals surface area contributed by atoms with E-state index < -0.39 is 5.82 Å². The summed E-state index contributed by atoms with van der Waals surface area (Å²) >= 11 is 0. The predicted octanol–water partition coefficient (Wildman–Crippen LogP) is 1.84. The predicted molar refractivity (Wildman–Crippen MR) is 67.4 cm³/mol. The average molecular weight is 272 g/mol. The van der Waals surface area contributed by atoms with Crippen LogP contribution in [0.4, 0.5) is 4.39 Å². The van der Waals surface area contributed by atoms with Crippen molar-refractivity contribution in [2.24, 2.45) is 17.3 Å². The highest BCUT2D eigenvalue weighted by atomic mass is 19.1. The van der Waals surface area contributed by atoms with Crippen molar-refractivity contribution in [3.05, 3.63) is 35.1 Å². The molecule has 1 aromatic carbocycles.